The first-order valence-corrected chi connectivity index (χ1v) is 7.11. The molecule has 0 unspecified atom stereocenters. The van der Waals surface area contributed by atoms with Gasteiger partial charge in [-0.2, -0.15) is 9.97 Å². The SMILES string of the molecule is CN(Cc1cnc2nc(N)nc(N)c2n1)c1cccc(CN)c1. The van der Waals surface area contributed by atoms with Gasteiger partial charge in [-0.3, -0.25) is 0 Å². The van der Waals surface area contributed by atoms with Crippen molar-refractivity contribution in [1.82, 2.24) is 19.9 Å². The van der Waals surface area contributed by atoms with Gasteiger partial charge in [0, 0.05) is 19.3 Å². The predicted molar refractivity (Wildman–Crippen MR) is 90.4 cm³/mol. The van der Waals surface area contributed by atoms with Crippen LogP contribution in [-0.4, -0.2) is 27.0 Å². The molecule has 118 valence electrons. The van der Waals surface area contributed by atoms with Crippen molar-refractivity contribution in [1.29, 1.82) is 0 Å². The average molecular weight is 310 g/mol. The highest BCUT2D eigenvalue weighted by Crippen LogP contribution is 2.18. The Morgan fingerprint density at radius 1 is 1.13 bits per heavy atom. The molecular formula is C15H18N8. The summed E-state index contributed by atoms with van der Waals surface area (Å²) < 4.78 is 0. The van der Waals surface area contributed by atoms with Crippen molar-refractivity contribution in [2.75, 3.05) is 23.4 Å². The Hall–Kier alpha value is -3.00. The zero-order chi connectivity index (χ0) is 16.4. The number of nitrogens with zero attached hydrogens (tertiary/aromatic N) is 5. The summed E-state index contributed by atoms with van der Waals surface area (Å²) in [5.74, 6) is 0.322. The zero-order valence-electron chi connectivity index (χ0n) is 12.8. The van der Waals surface area contributed by atoms with E-state index in [0.717, 1.165) is 16.9 Å². The van der Waals surface area contributed by atoms with Crippen molar-refractivity contribution >= 4 is 28.6 Å². The summed E-state index contributed by atoms with van der Waals surface area (Å²) in [5.41, 5.74) is 20.8. The lowest BCUT2D eigenvalue weighted by molar-refractivity contribution is 0.879. The van der Waals surface area contributed by atoms with Crippen LogP contribution in [0, 0.1) is 0 Å². The summed E-state index contributed by atoms with van der Waals surface area (Å²) in [6.07, 6.45) is 1.66. The van der Waals surface area contributed by atoms with E-state index < -0.39 is 0 Å². The van der Waals surface area contributed by atoms with Gasteiger partial charge in [-0.1, -0.05) is 12.1 Å². The number of hydrogen-bond donors (Lipinski definition) is 3. The van der Waals surface area contributed by atoms with E-state index in [-0.39, 0.29) is 11.8 Å². The van der Waals surface area contributed by atoms with Crippen molar-refractivity contribution in [2.45, 2.75) is 13.1 Å². The fourth-order valence-corrected chi connectivity index (χ4v) is 2.31. The Kier molecular flexibility index (Phi) is 3.90. The molecule has 0 fully saturated rings. The van der Waals surface area contributed by atoms with Gasteiger partial charge in [0.15, 0.2) is 17.0 Å². The Labute approximate surface area is 133 Å². The van der Waals surface area contributed by atoms with Gasteiger partial charge in [-0.05, 0) is 17.7 Å². The van der Waals surface area contributed by atoms with Crippen LogP contribution in [-0.2, 0) is 13.1 Å². The maximum Gasteiger partial charge on any atom is 0.224 e. The van der Waals surface area contributed by atoms with Gasteiger partial charge in [-0.15, -0.1) is 0 Å². The standard InChI is InChI=1S/C15H18N8/c1-23(11-4-2-3-9(5-11)6-16)8-10-7-19-14-12(20-10)13(17)21-15(18)22-14/h2-5,7H,6,8,16H2,1H3,(H4,17,18,19,21,22). The van der Waals surface area contributed by atoms with Crippen LogP contribution in [0.4, 0.5) is 17.5 Å². The van der Waals surface area contributed by atoms with E-state index in [1.165, 1.54) is 0 Å². The summed E-state index contributed by atoms with van der Waals surface area (Å²) in [4.78, 5) is 18.8. The molecule has 3 aromatic rings. The summed E-state index contributed by atoms with van der Waals surface area (Å²) >= 11 is 0. The summed E-state index contributed by atoms with van der Waals surface area (Å²) in [7, 11) is 1.98. The fourth-order valence-electron chi connectivity index (χ4n) is 2.31. The molecule has 8 heteroatoms. The van der Waals surface area contributed by atoms with E-state index in [9.17, 15) is 0 Å². The lowest BCUT2D eigenvalue weighted by Gasteiger charge is -2.19. The second kappa shape index (κ2) is 6.01. The Morgan fingerprint density at radius 2 is 1.96 bits per heavy atom. The second-order valence-corrected chi connectivity index (χ2v) is 5.23. The minimum absolute atomic E-state index is 0.0905. The molecule has 8 nitrogen and oxygen atoms in total. The zero-order valence-corrected chi connectivity index (χ0v) is 12.8. The van der Waals surface area contributed by atoms with Crippen LogP contribution in [0.1, 0.15) is 11.3 Å². The fraction of sp³-hybridized carbons (Fsp3) is 0.200. The number of nitrogen functional groups attached to an aromatic ring is 2. The van der Waals surface area contributed by atoms with Crippen LogP contribution >= 0.6 is 0 Å². The molecule has 3 rings (SSSR count). The molecule has 0 saturated carbocycles. The van der Waals surface area contributed by atoms with Crippen molar-refractivity contribution in [3.8, 4) is 0 Å². The van der Waals surface area contributed by atoms with Gasteiger partial charge in [0.2, 0.25) is 5.95 Å². The molecule has 2 heterocycles. The highest BCUT2D eigenvalue weighted by atomic mass is 15.1. The van der Waals surface area contributed by atoms with Crippen LogP contribution in [0.3, 0.4) is 0 Å². The molecule has 0 spiro atoms. The molecular weight excluding hydrogens is 292 g/mol. The number of rotatable bonds is 4. The van der Waals surface area contributed by atoms with Crippen LogP contribution in [0.2, 0.25) is 0 Å². The third-order valence-corrected chi connectivity index (χ3v) is 3.49. The van der Waals surface area contributed by atoms with Crippen LogP contribution in [0.25, 0.3) is 11.2 Å². The molecule has 0 aliphatic carbocycles. The Morgan fingerprint density at radius 3 is 2.74 bits per heavy atom. The molecule has 0 aliphatic heterocycles. The molecule has 0 atom stereocenters. The highest BCUT2D eigenvalue weighted by Gasteiger charge is 2.09. The van der Waals surface area contributed by atoms with Gasteiger partial charge in [0.1, 0.15) is 0 Å². The largest absolute Gasteiger partial charge is 0.382 e. The van der Waals surface area contributed by atoms with Crippen molar-refractivity contribution in [3.05, 3.63) is 41.7 Å². The quantitative estimate of drug-likeness (QED) is 0.640. The lowest BCUT2D eigenvalue weighted by atomic mass is 10.2. The number of anilines is 3. The lowest BCUT2D eigenvalue weighted by Crippen LogP contribution is -2.18. The third kappa shape index (κ3) is 3.11. The summed E-state index contributed by atoms with van der Waals surface area (Å²) in [5, 5.41) is 0. The van der Waals surface area contributed by atoms with Crippen LogP contribution in [0.5, 0.6) is 0 Å². The van der Waals surface area contributed by atoms with E-state index >= 15 is 0 Å². The normalized spacial score (nSPS) is 10.9. The Bertz CT molecular complexity index is 848. The monoisotopic (exact) mass is 310 g/mol. The predicted octanol–water partition coefficient (Wildman–Crippen LogP) is 0.679. The van der Waals surface area contributed by atoms with E-state index in [0.29, 0.717) is 24.3 Å². The van der Waals surface area contributed by atoms with E-state index in [2.05, 4.69) is 24.8 Å². The second-order valence-electron chi connectivity index (χ2n) is 5.23. The molecule has 23 heavy (non-hydrogen) atoms. The first-order chi connectivity index (χ1) is 11.1. The van der Waals surface area contributed by atoms with Gasteiger partial charge in [0.05, 0.1) is 18.4 Å². The highest BCUT2D eigenvalue weighted by molar-refractivity contribution is 5.81. The molecule has 6 N–H and O–H groups in total. The summed E-state index contributed by atoms with van der Waals surface area (Å²) in [6.45, 7) is 1.08. The van der Waals surface area contributed by atoms with Crippen molar-refractivity contribution in [2.24, 2.45) is 5.73 Å². The van der Waals surface area contributed by atoms with E-state index in [1.54, 1.807) is 6.20 Å². The van der Waals surface area contributed by atoms with Crippen LogP contribution in [0.15, 0.2) is 30.5 Å². The molecule has 0 bridgehead atoms. The molecule has 0 saturated heterocycles. The molecule has 0 amide bonds. The van der Waals surface area contributed by atoms with Gasteiger partial charge < -0.3 is 22.1 Å². The minimum Gasteiger partial charge on any atom is -0.382 e. The van der Waals surface area contributed by atoms with Crippen molar-refractivity contribution < 1.29 is 0 Å². The Balaban J connectivity index is 1.88. The van der Waals surface area contributed by atoms with Gasteiger partial charge >= 0.3 is 0 Å². The van der Waals surface area contributed by atoms with Gasteiger partial charge in [-0.25, -0.2) is 9.97 Å². The van der Waals surface area contributed by atoms with Gasteiger partial charge in [0.25, 0.3) is 0 Å². The topological polar surface area (TPSA) is 133 Å². The first-order valence-electron chi connectivity index (χ1n) is 7.11. The number of hydrogen-bond acceptors (Lipinski definition) is 8. The minimum atomic E-state index is 0.0905. The molecule has 2 aromatic heterocycles. The summed E-state index contributed by atoms with van der Waals surface area (Å²) in [6, 6.07) is 8.04. The van der Waals surface area contributed by atoms with E-state index in [4.69, 9.17) is 17.2 Å². The number of benzene rings is 1. The smallest absolute Gasteiger partial charge is 0.224 e. The average Bonchev–Trinajstić information content (AvgIpc) is 2.55. The molecule has 0 aliphatic rings. The number of nitrogens with two attached hydrogens (primary N) is 3. The number of aromatic nitrogens is 4. The number of fused-ring (bicyclic) bond motifs is 1. The molecule has 1 aromatic carbocycles. The molecule has 0 radical (unpaired) electrons. The third-order valence-electron chi connectivity index (χ3n) is 3.49. The van der Waals surface area contributed by atoms with E-state index in [1.807, 2.05) is 31.3 Å². The first kappa shape index (κ1) is 14.9. The van der Waals surface area contributed by atoms with Crippen LogP contribution < -0.4 is 22.1 Å². The van der Waals surface area contributed by atoms with Crippen molar-refractivity contribution in [3.63, 3.8) is 0 Å². The maximum absolute atomic E-state index is 5.84. The maximum atomic E-state index is 5.84.